The minimum absolute atomic E-state index is 0.215. The van der Waals surface area contributed by atoms with Gasteiger partial charge in [0, 0.05) is 12.8 Å². The molecular weight excluding hydrogens is 761 g/mol. The number of unbranched alkanes of at least 4 members (excludes halogenated alkanes) is 30. The Morgan fingerprint density at radius 2 is 0.883 bits per heavy atom. The fraction of sp³-hybridized carbons (Fsp3) is 0.920. The molecule has 10 nitrogen and oxygen atoms in total. The van der Waals surface area contributed by atoms with Crippen molar-refractivity contribution >= 4 is 11.9 Å². The van der Waals surface area contributed by atoms with Crippen LogP contribution in [-0.2, 0) is 28.5 Å². The highest BCUT2D eigenvalue weighted by atomic mass is 16.7. The zero-order valence-electron chi connectivity index (χ0n) is 38.7. The van der Waals surface area contributed by atoms with Crippen LogP contribution in [0.4, 0.5) is 0 Å². The Morgan fingerprint density at radius 3 is 1.30 bits per heavy atom. The SMILES string of the molecule is CCCCCCCC/C=C\CCCCCCCC(=O)OC(COC(=O)CCCCCCCCCCCCCCCCCCCCCC)COC1OC(CO)C(O)C(O)C1O. The van der Waals surface area contributed by atoms with Crippen molar-refractivity contribution in [3.63, 3.8) is 0 Å². The van der Waals surface area contributed by atoms with Gasteiger partial charge in [0.15, 0.2) is 12.4 Å². The van der Waals surface area contributed by atoms with Crippen LogP contribution in [0.1, 0.15) is 239 Å². The molecule has 4 N–H and O–H groups in total. The van der Waals surface area contributed by atoms with E-state index in [1.807, 2.05) is 0 Å². The predicted molar refractivity (Wildman–Crippen MR) is 243 cm³/mol. The second-order valence-corrected chi connectivity index (χ2v) is 17.6. The smallest absolute Gasteiger partial charge is 0.306 e. The number of aliphatic hydroxyl groups excluding tert-OH is 4. The van der Waals surface area contributed by atoms with Crippen molar-refractivity contribution in [2.45, 2.75) is 275 Å². The molecule has 0 aromatic carbocycles. The fourth-order valence-corrected chi connectivity index (χ4v) is 7.89. The molecule has 0 amide bonds. The lowest BCUT2D eigenvalue weighted by Gasteiger charge is -2.39. The summed E-state index contributed by atoms with van der Waals surface area (Å²) in [4.78, 5) is 25.4. The molecule has 354 valence electrons. The summed E-state index contributed by atoms with van der Waals surface area (Å²) in [7, 11) is 0. The average molecular weight is 855 g/mol. The number of hydrogen-bond donors (Lipinski definition) is 4. The summed E-state index contributed by atoms with van der Waals surface area (Å²) in [6, 6.07) is 0. The highest BCUT2D eigenvalue weighted by molar-refractivity contribution is 5.70. The van der Waals surface area contributed by atoms with Crippen LogP contribution in [-0.4, -0.2) is 89.0 Å². The van der Waals surface area contributed by atoms with E-state index in [9.17, 15) is 30.0 Å². The first-order valence-electron chi connectivity index (χ1n) is 25.3. The monoisotopic (exact) mass is 855 g/mol. The van der Waals surface area contributed by atoms with Gasteiger partial charge in [0.25, 0.3) is 0 Å². The minimum Gasteiger partial charge on any atom is -0.462 e. The number of esters is 2. The maximum absolute atomic E-state index is 12.8. The van der Waals surface area contributed by atoms with Gasteiger partial charge in [-0.25, -0.2) is 0 Å². The molecule has 0 saturated carbocycles. The Morgan fingerprint density at radius 1 is 0.500 bits per heavy atom. The predicted octanol–water partition coefficient (Wildman–Crippen LogP) is 11.5. The minimum atomic E-state index is -1.59. The molecule has 0 radical (unpaired) electrons. The van der Waals surface area contributed by atoms with Crippen molar-refractivity contribution < 1.29 is 49.0 Å². The van der Waals surface area contributed by atoms with Crippen molar-refractivity contribution in [3.05, 3.63) is 12.2 Å². The van der Waals surface area contributed by atoms with Crippen LogP contribution in [0.5, 0.6) is 0 Å². The first-order valence-corrected chi connectivity index (χ1v) is 25.3. The second kappa shape index (κ2) is 41.5. The van der Waals surface area contributed by atoms with E-state index in [1.165, 1.54) is 154 Å². The van der Waals surface area contributed by atoms with Crippen molar-refractivity contribution in [2.24, 2.45) is 0 Å². The third-order valence-electron chi connectivity index (χ3n) is 11.9. The lowest BCUT2D eigenvalue weighted by atomic mass is 9.99. The summed E-state index contributed by atoms with van der Waals surface area (Å²) in [5.74, 6) is -0.802. The molecule has 1 heterocycles. The Hall–Kier alpha value is -1.56. The molecule has 1 aliphatic heterocycles. The second-order valence-electron chi connectivity index (χ2n) is 17.6. The zero-order chi connectivity index (χ0) is 43.7. The van der Waals surface area contributed by atoms with E-state index in [2.05, 4.69) is 26.0 Å². The summed E-state index contributed by atoms with van der Waals surface area (Å²) >= 11 is 0. The summed E-state index contributed by atoms with van der Waals surface area (Å²) < 4.78 is 22.2. The maximum Gasteiger partial charge on any atom is 0.306 e. The fourth-order valence-electron chi connectivity index (χ4n) is 7.89. The molecule has 6 atom stereocenters. The number of aliphatic hydroxyl groups is 4. The van der Waals surface area contributed by atoms with Gasteiger partial charge in [0.2, 0.25) is 0 Å². The summed E-state index contributed by atoms with van der Waals surface area (Å²) in [5, 5.41) is 40.2. The van der Waals surface area contributed by atoms with Gasteiger partial charge >= 0.3 is 11.9 Å². The number of ether oxygens (including phenoxy) is 4. The number of carbonyl (C=O) groups excluding carboxylic acids is 2. The molecular formula is C50H94O10. The Labute approximate surface area is 367 Å². The number of allylic oxidation sites excluding steroid dienone is 2. The van der Waals surface area contributed by atoms with E-state index in [-0.39, 0.29) is 32.0 Å². The van der Waals surface area contributed by atoms with Crippen LogP contribution < -0.4 is 0 Å². The van der Waals surface area contributed by atoms with E-state index >= 15 is 0 Å². The summed E-state index contributed by atoms with van der Waals surface area (Å²) in [6.45, 7) is 3.45. The quantitative estimate of drug-likeness (QED) is 0.0265. The van der Waals surface area contributed by atoms with Crippen LogP contribution in [0.25, 0.3) is 0 Å². The van der Waals surface area contributed by atoms with Gasteiger partial charge in [-0.1, -0.05) is 199 Å². The lowest BCUT2D eigenvalue weighted by molar-refractivity contribution is -0.305. The molecule has 0 bridgehead atoms. The van der Waals surface area contributed by atoms with E-state index in [4.69, 9.17) is 18.9 Å². The van der Waals surface area contributed by atoms with E-state index in [0.29, 0.717) is 6.42 Å². The largest absolute Gasteiger partial charge is 0.462 e. The van der Waals surface area contributed by atoms with Gasteiger partial charge < -0.3 is 39.4 Å². The Bertz CT molecular complexity index is 990. The van der Waals surface area contributed by atoms with Crippen LogP contribution in [0, 0.1) is 0 Å². The van der Waals surface area contributed by atoms with E-state index in [1.54, 1.807) is 0 Å². The van der Waals surface area contributed by atoms with Crippen molar-refractivity contribution in [1.82, 2.24) is 0 Å². The number of hydrogen-bond acceptors (Lipinski definition) is 10. The molecule has 6 unspecified atom stereocenters. The highest BCUT2D eigenvalue weighted by Crippen LogP contribution is 2.23. The highest BCUT2D eigenvalue weighted by Gasteiger charge is 2.44. The first-order chi connectivity index (χ1) is 29.3. The van der Waals surface area contributed by atoms with E-state index < -0.39 is 49.4 Å². The standard InChI is InChI=1S/C50H94O10/c1-3-5-7-9-11-13-15-17-19-20-21-22-23-25-26-28-30-32-34-36-38-45(52)57-41-43(42-58-50-49(56)48(55)47(54)44(40-51)60-50)59-46(53)39-37-35-33-31-29-27-24-18-16-14-12-10-8-6-4-2/h18,24,43-44,47-51,54-56H,3-17,19-23,25-42H2,1-2H3/b24-18-. The average Bonchev–Trinajstić information content (AvgIpc) is 3.25. The molecule has 60 heavy (non-hydrogen) atoms. The van der Waals surface area contributed by atoms with Crippen molar-refractivity contribution in [2.75, 3.05) is 19.8 Å². The lowest BCUT2D eigenvalue weighted by Crippen LogP contribution is -2.59. The zero-order valence-corrected chi connectivity index (χ0v) is 38.7. The summed E-state index contributed by atoms with van der Waals surface area (Å²) in [6.07, 6.45) is 37.9. The molecule has 10 heteroatoms. The third-order valence-corrected chi connectivity index (χ3v) is 11.9. The van der Waals surface area contributed by atoms with E-state index in [0.717, 1.165) is 51.4 Å². The van der Waals surface area contributed by atoms with Crippen LogP contribution >= 0.6 is 0 Å². The van der Waals surface area contributed by atoms with Gasteiger partial charge in [-0.2, -0.15) is 0 Å². The molecule has 0 aliphatic carbocycles. The topological polar surface area (TPSA) is 152 Å². The van der Waals surface area contributed by atoms with Gasteiger partial charge in [0.1, 0.15) is 31.0 Å². The van der Waals surface area contributed by atoms with Gasteiger partial charge in [-0.15, -0.1) is 0 Å². The van der Waals surface area contributed by atoms with Crippen LogP contribution in [0.15, 0.2) is 12.2 Å². The Balaban J connectivity index is 2.25. The van der Waals surface area contributed by atoms with Crippen molar-refractivity contribution in [3.8, 4) is 0 Å². The third kappa shape index (κ3) is 32.2. The first kappa shape index (κ1) is 56.5. The van der Waals surface area contributed by atoms with Crippen molar-refractivity contribution in [1.29, 1.82) is 0 Å². The van der Waals surface area contributed by atoms with Crippen LogP contribution in [0.2, 0.25) is 0 Å². The molecule has 0 aromatic heterocycles. The number of rotatable bonds is 43. The maximum atomic E-state index is 12.8. The Kier molecular flexibility index (Phi) is 39.0. The normalized spacial score (nSPS) is 19.9. The molecule has 1 saturated heterocycles. The molecule has 1 aliphatic rings. The van der Waals surface area contributed by atoms with Gasteiger partial charge in [-0.3, -0.25) is 9.59 Å². The van der Waals surface area contributed by atoms with Crippen LogP contribution in [0.3, 0.4) is 0 Å². The van der Waals surface area contributed by atoms with Gasteiger partial charge in [-0.05, 0) is 38.5 Å². The van der Waals surface area contributed by atoms with Gasteiger partial charge in [0.05, 0.1) is 13.2 Å². The molecule has 0 aromatic rings. The molecule has 1 fully saturated rings. The number of carbonyl (C=O) groups is 2. The molecule has 0 spiro atoms. The molecule has 1 rings (SSSR count). The summed E-state index contributed by atoms with van der Waals surface area (Å²) in [5.41, 5.74) is 0.